The SMILES string of the molecule is O=C(CSc1ccccc1C(=O)O)N[C@H](c1ccccc1)c1cccs1. The van der Waals surface area contributed by atoms with Gasteiger partial charge in [-0.15, -0.1) is 23.1 Å². The zero-order chi connectivity index (χ0) is 18.4. The van der Waals surface area contributed by atoms with Gasteiger partial charge in [0.25, 0.3) is 0 Å². The van der Waals surface area contributed by atoms with Gasteiger partial charge in [-0.3, -0.25) is 4.79 Å². The molecule has 26 heavy (non-hydrogen) atoms. The van der Waals surface area contributed by atoms with Crippen LogP contribution in [0.25, 0.3) is 0 Å². The predicted octanol–water partition coefficient (Wildman–Crippen LogP) is 4.44. The van der Waals surface area contributed by atoms with Crippen molar-refractivity contribution in [3.63, 3.8) is 0 Å². The molecular weight excluding hydrogens is 366 g/mol. The van der Waals surface area contributed by atoms with Crippen molar-refractivity contribution in [1.29, 1.82) is 0 Å². The van der Waals surface area contributed by atoms with E-state index in [1.807, 2.05) is 47.8 Å². The third-order valence-corrected chi connectivity index (χ3v) is 5.75. The number of amides is 1. The molecule has 2 N–H and O–H groups in total. The fraction of sp³-hybridized carbons (Fsp3) is 0.100. The summed E-state index contributed by atoms with van der Waals surface area (Å²) in [4.78, 5) is 25.4. The molecule has 1 amide bonds. The molecule has 0 saturated heterocycles. The molecule has 1 heterocycles. The Morgan fingerprint density at radius 2 is 1.73 bits per heavy atom. The standard InChI is InChI=1S/C20H17NO3S2/c22-18(13-26-16-10-5-4-9-15(16)20(23)24)21-19(17-11-6-12-25-17)14-7-2-1-3-8-14/h1-12,19H,13H2,(H,21,22)(H,23,24)/t19-/m1/s1. The third-order valence-electron chi connectivity index (χ3n) is 3.74. The number of carboxylic acid groups (broad SMARTS) is 1. The Kier molecular flexibility index (Phi) is 6.09. The highest BCUT2D eigenvalue weighted by molar-refractivity contribution is 8.00. The molecule has 0 spiro atoms. The van der Waals surface area contributed by atoms with Crippen molar-refractivity contribution < 1.29 is 14.7 Å². The van der Waals surface area contributed by atoms with Gasteiger partial charge >= 0.3 is 5.97 Å². The molecule has 3 rings (SSSR count). The highest BCUT2D eigenvalue weighted by Gasteiger charge is 2.18. The van der Waals surface area contributed by atoms with E-state index in [2.05, 4.69) is 5.32 Å². The van der Waals surface area contributed by atoms with E-state index in [0.29, 0.717) is 4.90 Å². The lowest BCUT2D eigenvalue weighted by Crippen LogP contribution is -2.30. The average molecular weight is 383 g/mol. The molecule has 0 unspecified atom stereocenters. The van der Waals surface area contributed by atoms with Gasteiger partial charge in [0.15, 0.2) is 0 Å². The Balaban J connectivity index is 1.71. The first-order valence-electron chi connectivity index (χ1n) is 7.98. The average Bonchev–Trinajstić information content (AvgIpc) is 3.19. The lowest BCUT2D eigenvalue weighted by molar-refractivity contribution is -0.119. The number of nitrogens with one attached hydrogen (secondary N) is 1. The minimum Gasteiger partial charge on any atom is -0.478 e. The molecule has 0 radical (unpaired) electrons. The lowest BCUT2D eigenvalue weighted by Gasteiger charge is -2.18. The summed E-state index contributed by atoms with van der Waals surface area (Å²) in [5.74, 6) is -0.981. The van der Waals surface area contributed by atoms with Gasteiger partial charge in [0, 0.05) is 9.77 Å². The van der Waals surface area contributed by atoms with E-state index in [0.717, 1.165) is 10.4 Å². The molecule has 1 aromatic heterocycles. The number of rotatable bonds is 7. The molecule has 0 bridgehead atoms. The highest BCUT2D eigenvalue weighted by atomic mass is 32.2. The van der Waals surface area contributed by atoms with Crippen molar-refractivity contribution in [2.75, 3.05) is 5.75 Å². The van der Waals surface area contributed by atoms with Gasteiger partial charge in [0.1, 0.15) is 0 Å². The third kappa shape index (κ3) is 4.53. The summed E-state index contributed by atoms with van der Waals surface area (Å²) >= 11 is 2.82. The fourth-order valence-electron chi connectivity index (χ4n) is 2.53. The first-order valence-corrected chi connectivity index (χ1v) is 9.84. The van der Waals surface area contributed by atoms with E-state index in [4.69, 9.17) is 0 Å². The van der Waals surface area contributed by atoms with Crippen LogP contribution in [0.2, 0.25) is 0 Å². The van der Waals surface area contributed by atoms with E-state index in [1.165, 1.54) is 11.8 Å². The molecule has 2 aromatic carbocycles. The molecule has 0 fully saturated rings. The van der Waals surface area contributed by atoms with Crippen LogP contribution >= 0.6 is 23.1 Å². The number of carbonyl (C=O) groups excluding carboxylic acids is 1. The maximum atomic E-state index is 12.5. The van der Waals surface area contributed by atoms with Crippen LogP contribution in [-0.2, 0) is 4.79 Å². The van der Waals surface area contributed by atoms with Crippen LogP contribution in [0.15, 0.2) is 77.0 Å². The van der Waals surface area contributed by atoms with E-state index in [-0.39, 0.29) is 23.3 Å². The molecule has 0 saturated carbocycles. The van der Waals surface area contributed by atoms with E-state index in [1.54, 1.807) is 35.6 Å². The lowest BCUT2D eigenvalue weighted by atomic mass is 10.1. The smallest absolute Gasteiger partial charge is 0.336 e. The Morgan fingerprint density at radius 1 is 1.00 bits per heavy atom. The normalized spacial score (nSPS) is 11.7. The summed E-state index contributed by atoms with van der Waals surface area (Å²) in [6.07, 6.45) is 0. The van der Waals surface area contributed by atoms with Crippen LogP contribution in [0.4, 0.5) is 0 Å². The number of thioether (sulfide) groups is 1. The first kappa shape index (κ1) is 18.2. The second-order valence-corrected chi connectivity index (χ2v) is 7.51. The Bertz CT molecular complexity index is 879. The number of hydrogen-bond acceptors (Lipinski definition) is 4. The van der Waals surface area contributed by atoms with E-state index < -0.39 is 5.97 Å². The maximum absolute atomic E-state index is 12.5. The Morgan fingerprint density at radius 3 is 2.42 bits per heavy atom. The molecule has 6 heteroatoms. The Labute approximate surface area is 159 Å². The number of benzene rings is 2. The van der Waals surface area contributed by atoms with E-state index >= 15 is 0 Å². The van der Waals surface area contributed by atoms with Gasteiger partial charge in [-0.25, -0.2) is 4.79 Å². The minimum atomic E-state index is -0.991. The molecule has 0 aliphatic rings. The summed E-state index contributed by atoms with van der Waals surface area (Å²) in [6, 6.07) is 20.2. The van der Waals surface area contributed by atoms with Crippen molar-refractivity contribution in [1.82, 2.24) is 5.32 Å². The van der Waals surface area contributed by atoms with Crippen LogP contribution in [0.1, 0.15) is 26.8 Å². The van der Waals surface area contributed by atoms with Crippen molar-refractivity contribution >= 4 is 35.0 Å². The number of aromatic carboxylic acids is 1. The molecule has 4 nitrogen and oxygen atoms in total. The zero-order valence-corrected chi connectivity index (χ0v) is 15.4. The summed E-state index contributed by atoms with van der Waals surface area (Å²) in [5.41, 5.74) is 1.22. The number of thiophene rings is 1. The molecule has 132 valence electrons. The predicted molar refractivity (Wildman–Crippen MR) is 105 cm³/mol. The van der Waals surface area contributed by atoms with Gasteiger partial charge < -0.3 is 10.4 Å². The number of hydrogen-bond donors (Lipinski definition) is 2. The molecular formula is C20H17NO3S2. The van der Waals surface area contributed by atoms with Crippen molar-refractivity contribution in [3.05, 3.63) is 88.1 Å². The monoisotopic (exact) mass is 383 g/mol. The maximum Gasteiger partial charge on any atom is 0.336 e. The fourth-order valence-corrected chi connectivity index (χ4v) is 4.19. The van der Waals surface area contributed by atoms with Crippen LogP contribution < -0.4 is 5.32 Å². The highest BCUT2D eigenvalue weighted by Crippen LogP contribution is 2.27. The van der Waals surface area contributed by atoms with Crippen LogP contribution in [0.3, 0.4) is 0 Å². The number of carbonyl (C=O) groups is 2. The molecule has 1 atom stereocenters. The molecule has 0 aliphatic carbocycles. The largest absolute Gasteiger partial charge is 0.478 e. The van der Waals surface area contributed by atoms with Gasteiger partial charge in [-0.2, -0.15) is 0 Å². The summed E-state index contributed by atoms with van der Waals surface area (Å²) in [6.45, 7) is 0. The quantitative estimate of drug-likeness (QED) is 0.592. The second-order valence-electron chi connectivity index (χ2n) is 5.52. The van der Waals surface area contributed by atoms with Gasteiger partial charge in [0.2, 0.25) is 5.91 Å². The van der Waals surface area contributed by atoms with Gasteiger partial charge in [-0.05, 0) is 29.1 Å². The van der Waals surface area contributed by atoms with Crippen LogP contribution in [-0.4, -0.2) is 22.7 Å². The first-order chi connectivity index (χ1) is 12.6. The summed E-state index contributed by atoms with van der Waals surface area (Å²) in [7, 11) is 0. The van der Waals surface area contributed by atoms with Crippen molar-refractivity contribution in [3.8, 4) is 0 Å². The van der Waals surface area contributed by atoms with Gasteiger partial charge in [0.05, 0.1) is 17.4 Å². The van der Waals surface area contributed by atoms with Crippen molar-refractivity contribution in [2.45, 2.75) is 10.9 Å². The topological polar surface area (TPSA) is 66.4 Å². The second kappa shape index (κ2) is 8.69. The minimum absolute atomic E-state index is 0.141. The zero-order valence-electron chi connectivity index (χ0n) is 13.8. The summed E-state index contributed by atoms with van der Waals surface area (Å²) < 4.78 is 0. The van der Waals surface area contributed by atoms with Gasteiger partial charge in [-0.1, -0.05) is 48.5 Å². The van der Waals surface area contributed by atoms with Crippen molar-refractivity contribution in [2.24, 2.45) is 0 Å². The van der Waals surface area contributed by atoms with Crippen LogP contribution in [0, 0.1) is 0 Å². The number of carboxylic acids is 1. The molecule has 3 aromatic rings. The summed E-state index contributed by atoms with van der Waals surface area (Å²) in [5, 5.41) is 14.3. The molecule has 0 aliphatic heterocycles. The Hall–Kier alpha value is -2.57. The van der Waals surface area contributed by atoms with Crippen LogP contribution in [0.5, 0.6) is 0 Å². The van der Waals surface area contributed by atoms with E-state index in [9.17, 15) is 14.7 Å².